The van der Waals surface area contributed by atoms with Gasteiger partial charge in [0.25, 0.3) is 0 Å². The van der Waals surface area contributed by atoms with Crippen molar-refractivity contribution in [2.45, 2.75) is 19.9 Å². The number of hydrogen-bond acceptors (Lipinski definition) is 5. The molecule has 1 atom stereocenters. The SMILES string of the molecule is C/C1=C\C(C)/N=C\C(SSS)=C/N1. The van der Waals surface area contributed by atoms with Gasteiger partial charge in [0.2, 0.25) is 0 Å². The molecule has 0 amide bonds. The van der Waals surface area contributed by atoms with Crippen LogP contribution in [0.3, 0.4) is 0 Å². The summed E-state index contributed by atoms with van der Waals surface area (Å²) in [5.74, 6) is 0. The Balaban J connectivity index is 2.73. The van der Waals surface area contributed by atoms with Gasteiger partial charge in [-0.2, -0.15) is 0 Å². The molecule has 5 heteroatoms. The number of hydrogen-bond donors (Lipinski definition) is 2. The average Bonchev–Trinajstić information content (AvgIpc) is 2.07. The van der Waals surface area contributed by atoms with E-state index >= 15 is 0 Å². The van der Waals surface area contributed by atoms with E-state index in [-0.39, 0.29) is 6.04 Å². The van der Waals surface area contributed by atoms with Crippen molar-refractivity contribution in [1.82, 2.24) is 5.32 Å². The van der Waals surface area contributed by atoms with Crippen molar-refractivity contribution in [3.63, 3.8) is 0 Å². The fourth-order valence-corrected chi connectivity index (χ4v) is 2.56. The molecule has 1 heterocycles. The lowest BCUT2D eigenvalue weighted by Gasteiger charge is -2.09. The van der Waals surface area contributed by atoms with Gasteiger partial charge in [-0.3, -0.25) is 4.99 Å². The molecule has 1 unspecified atom stereocenters. The fourth-order valence-electron chi connectivity index (χ4n) is 0.955. The Kier molecular flexibility index (Phi) is 4.83. The zero-order valence-corrected chi connectivity index (χ0v) is 10.0. The molecule has 1 aliphatic heterocycles. The van der Waals surface area contributed by atoms with Crippen molar-refractivity contribution in [2.24, 2.45) is 4.99 Å². The summed E-state index contributed by atoms with van der Waals surface area (Å²) in [6, 6.07) is 0.238. The van der Waals surface area contributed by atoms with Gasteiger partial charge in [-0.15, -0.1) is 0 Å². The Labute approximate surface area is 91.6 Å². The van der Waals surface area contributed by atoms with E-state index in [0.29, 0.717) is 0 Å². The third kappa shape index (κ3) is 4.15. The van der Waals surface area contributed by atoms with Crippen molar-refractivity contribution < 1.29 is 0 Å². The van der Waals surface area contributed by atoms with E-state index < -0.39 is 0 Å². The van der Waals surface area contributed by atoms with E-state index in [1.54, 1.807) is 10.8 Å². The summed E-state index contributed by atoms with van der Waals surface area (Å²) < 4.78 is 0. The summed E-state index contributed by atoms with van der Waals surface area (Å²) in [5.41, 5.74) is 1.13. The van der Waals surface area contributed by atoms with E-state index in [4.69, 9.17) is 0 Å². The fraction of sp³-hybridized carbons (Fsp3) is 0.375. The van der Waals surface area contributed by atoms with Crippen LogP contribution in [0.15, 0.2) is 27.9 Å². The molecule has 0 fully saturated rings. The average molecular weight is 232 g/mol. The van der Waals surface area contributed by atoms with Gasteiger partial charge in [0, 0.05) is 18.1 Å². The first-order valence-electron chi connectivity index (χ1n) is 3.89. The van der Waals surface area contributed by atoms with Gasteiger partial charge < -0.3 is 5.32 Å². The largest absolute Gasteiger partial charge is 0.364 e. The predicted octanol–water partition coefficient (Wildman–Crippen LogP) is 3.02. The van der Waals surface area contributed by atoms with Crippen LogP contribution in [-0.2, 0) is 0 Å². The number of rotatable bonds is 2. The molecule has 0 aromatic carbocycles. The van der Waals surface area contributed by atoms with Crippen molar-refractivity contribution in [3.05, 3.63) is 22.9 Å². The first-order chi connectivity index (χ1) is 6.22. The molecular weight excluding hydrogens is 220 g/mol. The monoisotopic (exact) mass is 232 g/mol. The van der Waals surface area contributed by atoms with Crippen LogP contribution in [0.4, 0.5) is 0 Å². The van der Waals surface area contributed by atoms with E-state index in [9.17, 15) is 0 Å². The Morgan fingerprint density at radius 3 is 3.08 bits per heavy atom. The van der Waals surface area contributed by atoms with Crippen LogP contribution in [0.5, 0.6) is 0 Å². The molecule has 72 valence electrons. The highest BCUT2D eigenvalue weighted by atomic mass is 33.5. The zero-order chi connectivity index (χ0) is 9.68. The minimum Gasteiger partial charge on any atom is -0.364 e. The predicted molar refractivity (Wildman–Crippen MR) is 67.1 cm³/mol. The van der Waals surface area contributed by atoms with Gasteiger partial charge in [-0.25, -0.2) is 0 Å². The first-order valence-corrected chi connectivity index (χ1v) is 7.09. The maximum absolute atomic E-state index is 4.36. The standard InChI is InChI=1S/C8H12N2S3/c1-6-3-7(2)10-5-8(4-9-6)12-13-11/h3-6,10-11H,1-2H3/b7-3+,8-5+,9-4-. The van der Waals surface area contributed by atoms with Crippen LogP contribution < -0.4 is 5.32 Å². The molecule has 0 saturated carbocycles. The second-order valence-corrected chi connectivity index (χ2v) is 5.79. The molecule has 0 spiro atoms. The highest BCUT2D eigenvalue weighted by molar-refractivity contribution is 9.06. The summed E-state index contributed by atoms with van der Waals surface area (Å²) >= 11 is 4.07. The second-order valence-electron chi connectivity index (χ2n) is 2.72. The quantitative estimate of drug-likeness (QED) is 0.565. The van der Waals surface area contributed by atoms with Crippen molar-refractivity contribution in [2.75, 3.05) is 0 Å². The molecule has 0 radical (unpaired) electrons. The Morgan fingerprint density at radius 2 is 2.38 bits per heavy atom. The van der Waals surface area contributed by atoms with Gasteiger partial charge in [0.15, 0.2) is 0 Å². The van der Waals surface area contributed by atoms with Crippen LogP contribution in [0.25, 0.3) is 0 Å². The lowest BCUT2D eigenvalue weighted by Crippen LogP contribution is -2.08. The van der Waals surface area contributed by atoms with Gasteiger partial charge in [0.05, 0.1) is 10.9 Å². The molecular formula is C8H12N2S3. The summed E-state index contributed by atoms with van der Waals surface area (Å²) in [4.78, 5) is 5.44. The summed E-state index contributed by atoms with van der Waals surface area (Å²) in [5, 5.41) is 3.19. The number of aliphatic imine (C=N–C) groups is 1. The van der Waals surface area contributed by atoms with Gasteiger partial charge in [-0.05, 0) is 40.5 Å². The molecule has 1 aliphatic rings. The maximum atomic E-state index is 4.36. The number of nitrogens with zero attached hydrogens (tertiary/aromatic N) is 1. The Hall–Kier alpha value is -0.000000000000000167. The van der Waals surface area contributed by atoms with E-state index in [1.807, 2.05) is 19.3 Å². The molecule has 0 bridgehead atoms. The lowest BCUT2D eigenvalue weighted by atomic mass is 10.3. The summed E-state index contributed by atoms with van der Waals surface area (Å²) in [7, 11) is 3.00. The third-order valence-electron chi connectivity index (χ3n) is 1.50. The molecule has 0 saturated heterocycles. The molecule has 0 aromatic heterocycles. The maximum Gasteiger partial charge on any atom is 0.0671 e. The zero-order valence-electron chi connectivity index (χ0n) is 7.52. The van der Waals surface area contributed by atoms with E-state index in [1.165, 1.54) is 9.83 Å². The van der Waals surface area contributed by atoms with Crippen molar-refractivity contribution in [3.8, 4) is 0 Å². The van der Waals surface area contributed by atoms with E-state index in [2.05, 4.69) is 35.0 Å². The second kappa shape index (κ2) is 5.67. The van der Waals surface area contributed by atoms with Crippen LogP contribution in [-0.4, -0.2) is 12.3 Å². The lowest BCUT2D eigenvalue weighted by molar-refractivity contribution is 0.891. The minimum absolute atomic E-state index is 0.238. The minimum atomic E-state index is 0.238. The molecule has 0 aliphatic carbocycles. The number of nitrogens with one attached hydrogen (secondary N) is 1. The number of thiol groups is 1. The smallest absolute Gasteiger partial charge is 0.0671 e. The van der Waals surface area contributed by atoms with Crippen LogP contribution in [0, 0.1) is 0 Å². The first kappa shape index (κ1) is 11.1. The topological polar surface area (TPSA) is 24.4 Å². The Bertz CT molecular complexity index is 258. The van der Waals surface area contributed by atoms with Crippen LogP contribution in [0.1, 0.15) is 13.8 Å². The van der Waals surface area contributed by atoms with Gasteiger partial charge >= 0.3 is 0 Å². The molecule has 13 heavy (non-hydrogen) atoms. The van der Waals surface area contributed by atoms with Crippen LogP contribution in [0.2, 0.25) is 0 Å². The van der Waals surface area contributed by atoms with Crippen LogP contribution >= 0.6 is 32.3 Å². The van der Waals surface area contributed by atoms with Gasteiger partial charge in [0.1, 0.15) is 0 Å². The van der Waals surface area contributed by atoms with Crippen molar-refractivity contribution >= 4 is 38.5 Å². The highest BCUT2D eigenvalue weighted by Crippen LogP contribution is 2.31. The van der Waals surface area contributed by atoms with Crippen molar-refractivity contribution in [1.29, 1.82) is 0 Å². The summed E-state index contributed by atoms with van der Waals surface area (Å²) in [6.45, 7) is 4.09. The summed E-state index contributed by atoms with van der Waals surface area (Å²) in [6.07, 6.45) is 5.89. The molecule has 1 N–H and O–H groups in total. The normalized spacial score (nSPS) is 33.0. The third-order valence-corrected chi connectivity index (χ3v) is 3.47. The number of allylic oxidation sites excluding steroid dienone is 2. The molecule has 2 nitrogen and oxygen atoms in total. The van der Waals surface area contributed by atoms with E-state index in [0.717, 1.165) is 10.6 Å². The highest BCUT2D eigenvalue weighted by Gasteiger charge is 2.00. The Morgan fingerprint density at radius 1 is 1.62 bits per heavy atom. The molecule has 0 aromatic rings. The molecule has 1 rings (SSSR count). The van der Waals surface area contributed by atoms with Gasteiger partial charge in [-0.1, -0.05) is 11.7 Å².